The molecular formula is C26H33N7O. The number of nitrogens with one attached hydrogen (secondary N) is 1. The third-order valence-electron chi connectivity index (χ3n) is 6.33. The molecule has 0 saturated heterocycles. The van der Waals surface area contributed by atoms with Gasteiger partial charge in [0.05, 0.1) is 6.54 Å². The van der Waals surface area contributed by atoms with Crippen LogP contribution in [0.25, 0.3) is 22.5 Å². The van der Waals surface area contributed by atoms with Crippen LogP contribution >= 0.6 is 0 Å². The van der Waals surface area contributed by atoms with Crippen molar-refractivity contribution in [3.63, 3.8) is 0 Å². The Morgan fingerprint density at radius 2 is 1.85 bits per heavy atom. The van der Waals surface area contributed by atoms with Crippen LogP contribution in [0.4, 0.5) is 0 Å². The van der Waals surface area contributed by atoms with Gasteiger partial charge in [-0.05, 0) is 59.7 Å². The number of hydrogen-bond donors (Lipinski definition) is 1. The summed E-state index contributed by atoms with van der Waals surface area (Å²) < 4.78 is 3.93. The second kappa shape index (κ2) is 10.6. The van der Waals surface area contributed by atoms with E-state index in [9.17, 15) is 4.79 Å². The molecule has 0 fully saturated rings. The van der Waals surface area contributed by atoms with Gasteiger partial charge in [0, 0.05) is 41.5 Å². The van der Waals surface area contributed by atoms with Crippen molar-refractivity contribution in [1.82, 2.24) is 34.7 Å². The van der Waals surface area contributed by atoms with Gasteiger partial charge in [0.25, 0.3) is 0 Å². The smallest absolute Gasteiger partial charge is 0.296 e. The molecule has 0 unspecified atom stereocenters. The van der Waals surface area contributed by atoms with E-state index in [0.717, 1.165) is 65.9 Å². The van der Waals surface area contributed by atoms with Crippen LogP contribution in [-0.2, 0) is 19.5 Å². The summed E-state index contributed by atoms with van der Waals surface area (Å²) in [5.74, 6) is 1.17. The fraction of sp³-hybridized carbons (Fsp3) is 0.423. The molecule has 8 heteroatoms. The SMILES string of the molecule is CCCCc1c(C)n(CCC(C)C)c(=O)n1Cc1ccc(-c2cnccc2-c2nnn[nH]2)cc1. The van der Waals surface area contributed by atoms with Crippen LogP contribution in [0, 0.1) is 12.8 Å². The Balaban J connectivity index is 1.63. The van der Waals surface area contributed by atoms with Gasteiger partial charge in [-0.25, -0.2) is 9.89 Å². The van der Waals surface area contributed by atoms with Gasteiger partial charge in [0.15, 0.2) is 5.82 Å². The first-order chi connectivity index (χ1) is 16.5. The zero-order valence-corrected chi connectivity index (χ0v) is 20.5. The molecule has 4 rings (SSSR count). The van der Waals surface area contributed by atoms with E-state index in [1.54, 1.807) is 6.20 Å². The van der Waals surface area contributed by atoms with Crippen LogP contribution in [0.5, 0.6) is 0 Å². The van der Waals surface area contributed by atoms with Crippen molar-refractivity contribution in [2.24, 2.45) is 5.92 Å². The number of pyridine rings is 1. The molecule has 4 aromatic rings. The predicted octanol–water partition coefficient (Wildman–Crippen LogP) is 4.64. The van der Waals surface area contributed by atoms with Crippen molar-refractivity contribution in [1.29, 1.82) is 0 Å². The number of H-pyrrole nitrogens is 1. The highest BCUT2D eigenvalue weighted by Gasteiger charge is 2.17. The summed E-state index contributed by atoms with van der Waals surface area (Å²) in [6, 6.07) is 10.2. The van der Waals surface area contributed by atoms with Gasteiger partial charge in [0.2, 0.25) is 0 Å². The summed E-state index contributed by atoms with van der Waals surface area (Å²) in [6.45, 7) is 10.0. The third-order valence-corrected chi connectivity index (χ3v) is 6.33. The zero-order valence-electron chi connectivity index (χ0n) is 20.5. The first kappa shape index (κ1) is 23.6. The van der Waals surface area contributed by atoms with Crippen molar-refractivity contribution in [2.45, 2.75) is 66.5 Å². The van der Waals surface area contributed by atoms with Crippen LogP contribution < -0.4 is 5.69 Å². The average molecular weight is 460 g/mol. The van der Waals surface area contributed by atoms with E-state index in [1.807, 2.05) is 21.4 Å². The molecule has 0 amide bonds. The Kier molecular flexibility index (Phi) is 7.35. The maximum Gasteiger partial charge on any atom is 0.328 e. The van der Waals surface area contributed by atoms with Crippen molar-refractivity contribution >= 4 is 0 Å². The van der Waals surface area contributed by atoms with Crippen LogP contribution in [0.1, 0.15) is 57.0 Å². The second-order valence-corrected chi connectivity index (χ2v) is 9.21. The molecule has 0 aliphatic carbocycles. The average Bonchev–Trinajstić information content (AvgIpc) is 3.45. The normalized spacial score (nSPS) is 11.4. The van der Waals surface area contributed by atoms with E-state index in [2.05, 4.69) is 77.6 Å². The second-order valence-electron chi connectivity index (χ2n) is 9.21. The van der Waals surface area contributed by atoms with Gasteiger partial charge in [-0.15, -0.1) is 5.10 Å². The van der Waals surface area contributed by atoms with Crippen LogP contribution in [0.15, 0.2) is 47.5 Å². The fourth-order valence-electron chi connectivity index (χ4n) is 4.31. The molecule has 1 aromatic carbocycles. The number of benzene rings is 1. The Labute approximate surface area is 200 Å². The van der Waals surface area contributed by atoms with E-state index in [-0.39, 0.29) is 5.69 Å². The summed E-state index contributed by atoms with van der Waals surface area (Å²) in [5, 5.41) is 14.2. The lowest BCUT2D eigenvalue weighted by Crippen LogP contribution is -2.26. The highest BCUT2D eigenvalue weighted by Crippen LogP contribution is 2.29. The minimum atomic E-state index is 0.0979. The molecule has 8 nitrogen and oxygen atoms in total. The first-order valence-corrected chi connectivity index (χ1v) is 12.1. The Morgan fingerprint density at radius 1 is 1.06 bits per heavy atom. The highest BCUT2D eigenvalue weighted by molar-refractivity contribution is 5.79. The largest absolute Gasteiger partial charge is 0.328 e. The summed E-state index contributed by atoms with van der Waals surface area (Å²) in [4.78, 5) is 17.6. The monoisotopic (exact) mass is 459 g/mol. The molecule has 0 atom stereocenters. The van der Waals surface area contributed by atoms with Gasteiger partial charge >= 0.3 is 5.69 Å². The Morgan fingerprint density at radius 3 is 2.53 bits per heavy atom. The molecule has 0 bridgehead atoms. The van der Waals surface area contributed by atoms with E-state index in [0.29, 0.717) is 18.3 Å². The number of unbranched alkanes of at least 4 members (excludes halogenated alkanes) is 1. The third kappa shape index (κ3) is 5.00. The fourth-order valence-corrected chi connectivity index (χ4v) is 4.31. The molecule has 0 aliphatic heterocycles. The molecular weight excluding hydrogens is 426 g/mol. The van der Waals surface area contributed by atoms with Gasteiger partial charge in [0.1, 0.15) is 0 Å². The molecule has 1 N–H and O–H groups in total. The van der Waals surface area contributed by atoms with Crippen molar-refractivity contribution < 1.29 is 0 Å². The van der Waals surface area contributed by atoms with Crippen LogP contribution in [-0.4, -0.2) is 34.7 Å². The zero-order chi connectivity index (χ0) is 24.1. The highest BCUT2D eigenvalue weighted by atomic mass is 16.1. The number of aromatic nitrogens is 7. The maximum absolute atomic E-state index is 13.4. The Bertz CT molecular complexity index is 1270. The topological polar surface area (TPSA) is 94.3 Å². The summed E-state index contributed by atoms with van der Waals surface area (Å²) >= 11 is 0. The van der Waals surface area contributed by atoms with Crippen molar-refractivity contribution in [3.05, 3.63) is 70.2 Å². The number of aromatic amines is 1. The minimum absolute atomic E-state index is 0.0979. The van der Waals surface area contributed by atoms with E-state index in [1.165, 1.54) is 0 Å². The molecule has 0 saturated carbocycles. The molecule has 178 valence electrons. The number of rotatable bonds is 10. The van der Waals surface area contributed by atoms with Crippen molar-refractivity contribution in [3.8, 4) is 22.5 Å². The minimum Gasteiger partial charge on any atom is -0.296 e. The molecule has 0 radical (unpaired) electrons. The van der Waals surface area contributed by atoms with Crippen LogP contribution in [0.2, 0.25) is 0 Å². The quantitative estimate of drug-likeness (QED) is 0.373. The molecule has 0 spiro atoms. The molecule has 3 heterocycles. The van der Waals surface area contributed by atoms with E-state index < -0.39 is 0 Å². The summed E-state index contributed by atoms with van der Waals surface area (Å²) in [5.41, 5.74) is 6.32. The van der Waals surface area contributed by atoms with Crippen molar-refractivity contribution in [2.75, 3.05) is 0 Å². The number of tetrazole rings is 1. The van der Waals surface area contributed by atoms with E-state index in [4.69, 9.17) is 0 Å². The lowest BCUT2D eigenvalue weighted by atomic mass is 10.0. The van der Waals surface area contributed by atoms with Crippen LogP contribution in [0.3, 0.4) is 0 Å². The molecule has 34 heavy (non-hydrogen) atoms. The lowest BCUT2D eigenvalue weighted by molar-refractivity contribution is 0.498. The van der Waals surface area contributed by atoms with E-state index >= 15 is 0 Å². The standard InChI is InChI=1S/C26H33N7O/c1-5-6-7-24-19(4)32(15-13-18(2)3)26(34)33(24)17-20-8-10-21(11-9-20)23-16-27-14-12-22(23)25-28-30-31-29-25/h8-12,14,16,18H,5-7,13,15,17H2,1-4H3,(H,28,29,30,31). The Hall–Kier alpha value is -3.55. The van der Waals surface area contributed by atoms with Gasteiger partial charge in [-0.3, -0.25) is 14.1 Å². The summed E-state index contributed by atoms with van der Waals surface area (Å²) in [6.07, 6.45) is 7.65. The number of imidazole rings is 1. The van der Waals surface area contributed by atoms with Gasteiger partial charge < -0.3 is 0 Å². The number of nitrogens with zero attached hydrogens (tertiary/aromatic N) is 6. The maximum atomic E-state index is 13.4. The molecule has 3 aromatic heterocycles. The lowest BCUT2D eigenvalue weighted by Gasteiger charge is -2.10. The predicted molar refractivity (Wildman–Crippen MR) is 133 cm³/mol. The van der Waals surface area contributed by atoms with Gasteiger partial charge in [-0.2, -0.15) is 0 Å². The number of hydrogen-bond acceptors (Lipinski definition) is 5. The molecule has 0 aliphatic rings. The first-order valence-electron chi connectivity index (χ1n) is 12.1. The summed E-state index contributed by atoms with van der Waals surface area (Å²) in [7, 11) is 0. The van der Waals surface area contributed by atoms with Gasteiger partial charge in [-0.1, -0.05) is 51.5 Å².